The molecular weight excluding hydrogens is 386 g/mol. The smallest absolute Gasteiger partial charge is 0.0739 e. The number of hydrogen-bond donors (Lipinski definition) is 0. The van der Waals surface area contributed by atoms with E-state index in [2.05, 4.69) is 100 Å². The van der Waals surface area contributed by atoms with Crippen LogP contribution < -0.4 is 0 Å². The van der Waals surface area contributed by atoms with Crippen molar-refractivity contribution >= 4 is 0 Å². The minimum Gasteiger partial charge on any atom is -0.377 e. The highest BCUT2D eigenvalue weighted by Crippen LogP contribution is 2.65. The molecule has 2 aromatic carbocycles. The van der Waals surface area contributed by atoms with Gasteiger partial charge in [0, 0.05) is 19.8 Å². The van der Waals surface area contributed by atoms with Crippen molar-refractivity contribution in [2.45, 2.75) is 46.0 Å². The highest BCUT2D eigenvalue weighted by Gasteiger charge is 2.55. The number of fused-ring (bicyclic) bond motifs is 6. The molecule has 0 N–H and O–H groups in total. The van der Waals surface area contributed by atoms with E-state index in [1.807, 2.05) is 19.9 Å². The summed E-state index contributed by atoms with van der Waals surface area (Å²) in [5.41, 5.74) is 14.2. The quantitative estimate of drug-likeness (QED) is 0.452. The highest BCUT2D eigenvalue weighted by atomic mass is 15.1. The maximum Gasteiger partial charge on any atom is 0.0739 e. The van der Waals surface area contributed by atoms with Gasteiger partial charge in [0.25, 0.3) is 0 Å². The van der Waals surface area contributed by atoms with Gasteiger partial charge in [-0.25, -0.2) is 0 Å². The summed E-state index contributed by atoms with van der Waals surface area (Å²) in [5, 5.41) is 0. The third-order valence-electron chi connectivity index (χ3n) is 7.01. The van der Waals surface area contributed by atoms with Gasteiger partial charge >= 0.3 is 0 Å². The maximum atomic E-state index is 3.96. The molecule has 164 valence electrons. The van der Waals surface area contributed by atoms with Gasteiger partial charge in [-0.05, 0) is 69.9 Å². The normalized spacial score (nSPS) is 17.6. The molecule has 0 atom stereocenters. The van der Waals surface area contributed by atoms with Crippen LogP contribution in [0.1, 0.15) is 51.7 Å². The van der Waals surface area contributed by atoms with Crippen LogP contribution in [0.15, 0.2) is 107 Å². The summed E-state index contributed by atoms with van der Waals surface area (Å²) in [5.74, 6) is 0. The molecule has 0 amide bonds. The van der Waals surface area contributed by atoms with Crippen LogP contribution in [0.3, 0.4) is 0 Å². The molecule has 32 heavy (non-hydrogen) atoms. The molecule has 5 rings (SSSR count). The van der Waals surface area contributed by atoms with Gasteiger partial charge in [-0.2, -0.15) is 0 Å². The van der Waals surface area contributed by atoms with Gasteiger partial charge in [0.2, 0.25) is 0 Å². The maximum absolute atomic E-state index is 3.96. The summed E-state index contributed by atoms with van der Waals surface area (Å²) in [6.45, 7) is 12.6. The molecule has 1 heteroatoms. The minimum absolute atomic E-state index is 0.245. The Morgan fingerprint density at radius 2 is 1.53 bits per heavy atom. The predicted molar refractivity (Wildman–Crippen MR) is 139 cm³/mol. The van der Waals surface area contributed by atoms with E-state index in [0.717, 1.165) is 12.8 Å². The Hall–Kier alpha value is -3.06. The highest BCUT2D eigenvalue weighted by molar-refractivity contribution is 5.91. The van der Waals surface area contributed by atoms with Crippen LogP contribution in [0.4, 0.5) is 0 Å². The molecule has 0 aromatic heterocycles. The zero-order chi connectivity index (χ0) is 23.0. The summed E-state index contributed by atoms with van der Waals surface area (Å²) >= 11 is 0. The van der Waals surface area contributed by atoms with Crippen LogP contribution in [-0.2, 0) is 5.41 Å². The zero-order valence-electron chi connectivity index (χ0n) is 20.4. The van der Waals surface area contributed by atoms with Crippen molar-refractivity contribution in [2.24, 2.45) is 0 Å². The number of hydrogen-bond acceptors (Lipinski definition) is 1. The average molecular weight is 422 g/mol. The lowest BCUT2D eigenvalue weighted by molar-refractivity contribution is 0.502. The molecule has 0 saturated heterocycles. The Morgan fingerprint density at radius 1 is 0.969 bits per heavy atom. The second-order valence-electron chi connectivity index (χ2n) is 8.74. The van der Waals surface area contributed by atoms with Crippen molar-refractivity contribution in [3.05, 3.63) is 118 Å². The molecule has 1 spiro atoms. The summed E-state index contributed by atoms with van der Waals surface area (Å²) in [6, 6.07) is 18.0. The molecule has 0 saturated carbocycles. The van der Waals surface area contributed by atoms with Gasteiger partial charge in [0.1, 0.15) is 0 Å². The van der Waals surface area contributed by atoms with Gasteiger partial charge in [0.05, 0.1) is 5.41 Å². The SMILES string of the molecule is C=C/C=C\C1=C(CC)C2=C(C(N(C)C)=C(C)C2)C12c1ccccc1-c1ccccc12.CC. The van der Waals surface area contributed by atoms with E-state index >= 15 is 0 Å². The Morgan fingerprint density at radius 3 is 2.03 bits per heavy atom. The fourth-order valence-corrected chi connectivity index (χ4v) is 6.17. The first-order valence-electron chi connectivity index (χ1n) is 11.9. The molecule has 1 nitrogen and oxygen atoms in total. The number of likely N-dealkylation sites (N-methyl/N-ethyl adjacent to an activating group) is 1. The summed E-state index contributed by atoms with van der Waals surface area (Å²) in [6.07, 6.45) is 8.42. The number of allylic oxidation sites excluding steroid dienone is 8. The van der Waals surface area contributed by atoms with Crippen molar-refractivity contribution in [1.82, 2.24) is 4.90 Å². The molecule has 0 fully saturated rings. The molecule has 0 heterocycles. The van der Waals surface area contributed by atoms with E-state index in [4.69, 9.17) is 0 Å². The predicted octanol–water partition coefficient (Wildman–Crippen LogP) is 7.98. The van der Waals surface area contributed by atoms with Crippen LogP contribution in [0.5, 0.6) is 0 Å². The second kappa shape index (κ2) is 8.47. The lowest BCUT2D eigenvalue weighted by Crippen LogP contribution is -2.32. The fraction of sp³-hybridized carbons (Fsp3) is 0.290. The monoisotopic (exact) mass is 421 g/mol. The van der Waals surface area contributed by atoms with Crippen LogP contribution in [0, 0.1) is 0 Å². The third kappa shape index (κ3) is 2.77. The standard InChI is InChI=1S/C29H29N.C2H6/c1-6-8-15-24-20(7-2)23-18-19(3)28(30(4)5)27(23)29(24)25-16-11-9-13-21(25)22-14-10-12-17-26(22)29;1-2/h6,8-17H,1,7,18H2,2-5H3;1-2H3/b15-8-;. The summed E-state index contributed by atoms with van der Waals surface area (Å²) < 4.78 is 0. The first-order chi connectivity index (χ1) is 15.6. The molecule has 0 aliphatic heterocycles. The second-order valence-corrected chi connectivity index (χ2v) is 8.74. The first-order valence-corrected chi connectivity index (χ1v) is 11.9. The van der Waals surface area contributed by atoms with E-state index < -0.39 is 0 Å². The van der Waals surface area contributed by atoms with Gasteiger partial charge in [0.15, 0.2) is 0 Å². The van der Waals surface area contributed by atoms with Crippen molar-refractivity contribution in [1.29, 1.82) is 0 Å². The topological polar surface area (TPSA) is 3.24 Å². The summed E-state index contributed by atoms with van der Waals surface area (Å²) in [4.78, 5) is 2.33. The zero-order valence-corrected chi connectivity index (χ0v) is 20.4. The van der Waals surface area contributed by atoms with E-state index in [1.165, 1.54) is 55.8 Å². The molecule has 0 radical (unpaired) electrons. The van der Waals surface area contributed by atoms with Crippen molar-refractivity contribution in [2.75, 3.05) is 14.1 Å². The summed E-state index contributed by atoms with van der Waals surface area (Å²) in [7, 11) is 4.39. The van der Waals surface area contributed by atoms with Crippen LogP contribution >= 0.6 is 0 Å². The lowest BCUT2D eigenvalue weighted by Gasteiger charge is -2.36. The van der Waals surface area contributed by atoms with Gasteiger partial charge in [-0.3, -0.25) is 0 Å². The Labute approximate surface area is 194 Å². The van der Waals surface area contributed by atoms with E-state index in [-0.39, 0.29) is 5.41 Å². The Bertz CT molecular complexity index is 1150. The Balaban J connectivity index is 0.00000119. The van der Waals surface area contributed by atoms with E-state index in [9.17, 15) is 0 Å². The minimum atomic E-state index is -0.245. The lowest BCUT2D eigenvalue weighted by atomic mass is 9.67. The van der Waals surface area contributed by atoms with Crippen LogP contribution in [0.2, 0.25) is 0 Å². The van der Waals surface area contributed by atoms with Crippen molar-refractivity contribution in [3.63, 3.8) is 0 Å². The van der Waals surface area contributed by atoms with Crippen molar-refractivity contribution < 1.29 is 0 Å². The Kier molecular flexibility index (Phi) is 5.86. The van der Waals surface area contributed by atoms with Crippen LogP contribution in [0.25, 0.3) is 11.1 Å². The fourth-order valence-electron chi connectivity index (χ4n) is 6.17. The van der Waals surface area contributed by atoms with Gasteiger partial charge in [-0.15, -0.1) is 0 Å². The number of nitrogens with zero attached hydrogens (tertiary/aromatic N) is 1. The van der Waals surface area contributed by atoms with Gasteiger partial charge < -0.3 is 4.90 Å². The average Bonchev–Trinajstić information content (AvgIpc) is 3.40. The molecule has 0 bridgehead atoms. The molecule has 3 aliphatic carbocycles. The van der Waals surface area contributed by atoms with Crippen LogP contribution in [-0.4, -0.2) is 19.0 Å². The van der Waals surface area contributed by atoms with Gasteiger partial charge in [-0.1, -0.05) is 94.1 Å². The van der Waals surface area contributed by atoms with Crippen molar-refractivity contribution in [3.8, 4) is 11.1 Å². The van der Waals surface area contributed by atoms with E-state index in [1.54, 1.807) is 0 Å². The first kappa shape index (κ1) is 22.1. The molecule has 3 aliphatic rings. The molecular formula is C31H35N. The molecule has 2 aromatic rings. The molecule has 0 unspecified atom stereocenters. The number of benzene rings is 2. The van der Waals surface area contributed by atoms with E-state index in [0.29, 0.717) is 0 Å². The largest absolute Gasteiger partial charge is 0.377 e. The number of rotatable bonds is 4. The third-order valence-corrected chi connectivity index (χ3v) is 7.01.